The first-order valence-corrected chi connectivity index (χ1v) is 9.90. The zero-order valence-corrected chi connectivity index (χ0v) is 16.8. The van der Waals surface area contributed by atoms with E-state index in [9.17, 15) is 9.59 Å². The van der Waals surface area contributed by atoms with Crippen molar-refractivity contribution in [3.63, 3.8) is 0 Å². The number of nitrogens with one attached hydrogen (secondary N) is 1. The van der Waals surface area contributed by atoms with Crippen molar-refractivity contribution in [1.29, 1.82) is 0 Å². The van der Waals surface area contributed by atoms with Gasteiger partial charge in [0.05, 0.1) is 10.6 Å². The maximum absolute atomic E-state index is 12.7. The van der Waals surface area contributed by atoms with Crippen LogP contribution in [-0.2, 0) is 0 Å². The number of amides is 2. The number of carbonyl (C=O) groups is 2. The van der Waals surface area contributed by atoms with Crippen LogP contribution >= 0.6 is 34.5 Å². The van der Waals surface area contributed by atoms with E-state index in [1.807, 2.05) is 4.90 Å². The van der Waals surface area contributed by atoms with Crippen LogP contribution in [0, 0.1) is 5.41 Å². The van der Waals surface area contributed by atoms with E-state index in [0.717, 1.165) is 19.4 Å². The van der Waals surface area contributed by atoms with Gasteiger partial charge in [-0.3, -0.25) is 14.9 Å². The van der Waals surface area contributed by atoms with Crippen LogP contribution in [0.4, 0.5) is 5.13 Å². The molecule has 0 atom stereocenters. The van der Waals surface area contributed by atoms with Crippen LogP contribution in [-0.4, -0.2) is 34.8 Å². The van der Waals surface area contributed by atoms with Crippen LogP contribution in [0.15, 0.2) is 23.6 Å². The summed E-state index contributed by atoms with van der Waals surface area (Å²) in [6.07, 6.45) is 2.10. The Bertz CT molecular complexity index is 851. The number of hydrogen-bond donors (Lipinski definition) is 1. The Labute approximate surface area is 166 Å². The van der Waals surface area contributed by atoms with Gasteiger partial charge < -0.3 is 4.90 Å². The summed E-state index contributed by atoms with van der Waals surface area (Å²) in [5.74, 6) is -0.488. The third kappa shape index (κ3) is 4.37. The summed E-state index contributed by atoms with van der Waals surface area (Å²) >= 11 is 13.1. The number of benzene rings is 1. The van der Waals surface area contributed by atoms with Gasteiger partial charge in [-0.1, -0.05) is 37.0 Å². The van der Waals surface area contributed by atoms with E-state index in [2.05, 4.69) is 24.1 Å². The van der Waals surface area contributed by atoms with Gasteiger partial charge in [-0.15, -0.1) is 11.3 Å². The van der Waals surface area contributed by atoms with Crippen LogP contribution in [0.3, 0.4) is 0 Å². The van der Waals surface area contributed by atoms with E-state index in [0.29, 0.717) is 28.0 Å². The number of hydrogen-bond acceptors (Lipinski definition) is 4. The zero-order chi connectivity index (χ0) is 18.9. The number of likely N-dealkylation sites (tertiary alicyclic amines) is 1. The normalized spacial score (nSPS) is 16.4. The first-order valence-electron chi connectivity index (χ1n) is 8.26. The highest BCUT2D eigenvalue weighted by molar-refractivity contribution is 7.14. The number of anilines is 1. The molecule has 2 heterocycles. The van der Waals surface area contributed by atoms with Gasteiger partial charge in [0.25, 0.3) is 11.8 Å². The third-order valence-corrected chi connectivity index (χ3v) is 5.61. The maximum Gasteiger partial charge on any atom is 0.273 e. The average Bonchev–Trinajstić information content (AvgIpc) is 3.01. The Kier molecular flexibility index (Phi) is 5.55. The van der Waals surface area contributed by atoms with Crippen molar-refractivity contribution in [2.45, 2.75) is 26.7 Å². The number of thiazole rings is 1. The van der Waals surface area contributed by atoms with Crippen LogP contribution in [0.25, 0.3) is 0 Å². The van der Waals surface area contributed by atoms with Crippen LogP contribution in [0.2, 0.25) is 10.0 Å². The Morgan fingerprint density at radius 3 is 2.77 bits per heavy atom. The fourth-order valence-electron chi connectivity index (χ4n) is 3.03. The molecule has 0 radical (unpaired) electrons. The van der Waals surface area contributed by atoms with E-state index in [1.165, 1.54) is 17.4 Å². The molecule has 3 rings (SSSR count). The number of rotatable bonds is 3. The summed E-state index contributed by atoms with van der Waals surface area (Å²) in [7, 11) is 0. The molecule has 1 aromatic heterocycles. The van der Waals surface area contributed by atoms with E-state index in [-0.39, 0.29) is 22.3 Å². The van der Waals surface area contributed by atoms with Crippen molar-refractivity contribution in [2.75, 3.05) is 18.4 Å². The number of piperidine rings is 1. The average molecular weight is 412 g/mol. The van der Waals surface area contributed by atoms with Gasteiger partial charge in [0, 0.05) is 23.5 Å². The second-order valence-electron chi connectivity index (χ2n) is 7.11. The van der Waals surface area contributed by atoms with Crippen LogP contribution in [0.1, 0.15) is 47.5 Å². The first kappa shape index (κ1) is 19.1. The molecule has 0 aliphatic carbocycles. The number of carbonyl (C=O) groups excluding carboxylic acids is 2. The van der Waals surface area contributed by atoms with Crippen molar-refractivity contribution >= 4 is 51.5 Å². The third-order valence-electron chi connectivity index (χ3n) is 4.31. The second kappa shape index (κ2) is 7.55. The Morgan fingerprint density at radius 2 is 2.08 bits per heavy atom. The summed E-state index contributed by atoms with van der Waals surface area (Å²) < 4.78 is 0. The molecule has 1 saturated heterocycles. The van der Waals surface area contributed by atoms with Gasteiger partial charge in [0.1, 0.15) is 5.69 Å². The monoisotopic (exact) mass is 411 g/mol. The minimum absolute atomic E-state index is 0.0981. The fraction of sp³-hybridized carbons (Fsp3) is 0.389. The van der Waals surface area contributed by atoms with Gasteiger partial charge in [0.2, 0.25) is 0 Å². The van der Waals surface area contributed by atoms with E-state index in [4.69, 9.17) is 23.2 Å². The van der Waals surface area contributed by atoms with Crippen molar-refractivity contribution in [1.82, 2.24) is 9.88 Å². The van der Waals surface area contributed by atoms with Gasteiger partial charge in [-0.05, 0) is 36.5 Å². The number of halogens is 2. The van der Waals surface area contributed by atoms with Gasteiger partial charge in [-0.25, -0.2) is 4.98 Å². The standard InChI is InChI=1S/C18H19Cl2N3O2S/c1-18(2)6-3-7-23(10-18)16(25)14-9-26-17(21-14)22-15(24)12-5-4-11(19)8-13(12)20/h4-5,8-9H,3,6-7,10H2,1-2H3,(H,21,22,24). The number of aromatic nitrogens is 1. The SMILES string of the molecule is CC1(C)CCCN(C(=O)c2csc(NC(=O)c3ccc(Cl)cc3Cl)n2)C1. The lowest BCUT2D eigenvalue weighted by Crippen LogP contribution is -2.43. The summed E-state index contributed by atoms with van der Waals surface area (Å²) in [5.41, 5.74) is 0.772. The lowest BCUT2D eigenvalue weighted by Gasteiger charge is -2.37. The molecule has 26 heavy (non-hydrogen) atoms. The molecular formula is C18H19Cl2N3O2S. The molecule has 0 unspecified atom stereocenters. The molecule has 1 fully saturated rings. The molecular weight excluding hydrogens is 393 g/mol. The highest BCUT2D eigenvalue weighted by Gasteiger charge is 2.30. The van der Waals surface area contributed by atoms with Crippen LogP contribution < -0.4 is 5.32 Å². The largest absolute Gasteiger partial charge is 0.337 e. The highest BCUT2D eigenvalue weighted by atomic mass is 35.5. The van der Waals surface area contributed by atoms with E-state index >= 15 is 0 Å². The summed E-state index contributed by atoms with van der Waals surface area (Å²) in [5, 5.41) is 5.43. The van der Waals surface area contributed by atoms with E-state index in [1.54, 1.807) is 17.5 Å². The molecule has 1 N–H and O–H groups in total. The van der Waals surface area contributed by atoms with Crippen molar-refractivity contribution < 1.29 is 9.59 Å². The molecule has 0 bridgehead atoms. The molecule has 1 aliphatic rings. The van der Waals surface area contributed by atoms with Crippen molar-refractivity contribution in [3.05, 3.63) is 44.9 Å². The molecule has 2 aromatic rings. The number of nitrogens with zero attached hydrogens (tertiary/aromatic N) is 2. The maximum atomic E-state index is 12.7. The molecule has 0 saturated carbocycles. The highest BCUT2D eigenvalue weighted by Crippen LogP contribution is 2.30. The molecule has 1 aromatic carbocycles. The summed E-state index contributed by atoms with van der Waals surface area (Å²) in [6.45, 7) is 5.78. The molecule has 5 nitrogen and oxygen atoms in total. The van der Waals surface area contributed by atoms with E-state index < -0.39 is 0 Å². The smallest absolute Gasteiger partial charge is 0.273 e. The predicted octanol–water partition coefficient (Wildman–Crippen LogP) is 4.96. The summed E-state index contributed by atoms with van der Waals surface area (Å²) in [6, 6.07) is 4.65. The quantitative estimate of drug-likeness (QED) is 0.775. The minimum atomic E-state index is -0.390. The Morgan fingerprint density at radius 1 is 1.31 bits per heavy atom. The predicted molar refractivity (Wildman–Crippen MR) is 105 cm³/mol. The fourth-order valence-corrected chi connectivity index (χ4v) is 4.20. The molecule has 8 heteroatoms. The second-order valence-corrected chi connectivity index (χ2v) is 8.81. The molecule has 138 valence electrons. The molecule has 2 amide bonds. The first-order chi connectivity index (χ1) is 12.2. The van der Waals surface area contributed by atoms with Crippen molar-refractivity contribution in [2.24, 2.45) is 5.41 Å². The Hall–Kier alpha value is -1.63. The van der Waals surface area contributed by atoms with Crippen LogP contribution in [0.5, 0.6) is 0 Å². The lowest BCUT2D eigenvalue weighted by atomic mass is 9.84. The topological polar surface area (TPSA) is 62.3 Å². The van der Waals surface area contributed by atoms with Gasteiger partial charge in [0.15, 0.2) is 5.13 Å². The zero-order valence-electron chi connectivity index (χ0n) is 14.5. The molecule has 1 aliphatic heterocycles. The Balaban J connectivity index is 1.69. The van der Waals surface area contributed by atoms with Gasteiger partial charge >= 0.3 is 0 Å². The lowest BCUT2D eigenvalue weighted by molar-refractivity contribution is 0.0578. The molecule has 0 spiro atoms. The van der Waals surface area contributed by atoms with Crippen molar-refractivity contribution in [3.8, 4) is 0 Å². The minimum Gasteiger partial charge on any atom is -0.337 e. The summed E-state index contributed by atoms with van der Waals surface area (Å²) in [4.78, 5) is 31.1. The van der Waals surface area contributed by atoms with Gasteiger partial charge in [-0.2, -0.15) is 0 Å².